The number of hydrogen-bond donors (Lipinski definition) is 3. The smallest absolute Gasteiger partial charge is 0.257 e. The van der Waals surface area contributed by atoms with E-state index in [2.05, 4.69) is 20.5 Å². The summed E-state index contributed by atoms with van der Waals surface area (Å²) in [4.78, 5) is 19.2. The molecule has 0 radical (unpaired) electrons. The molecule has 1 fully saturated rings. The summed E-state index contributed by atoms with van der Waals surface area (Å²) in [5.41, 5.74) is 2.93. The molecule has 1 atom stereocenters. The van der Waals surface area contributed by atoms with E-state index in [0.717, 1.165) is 37.4 Å². The molecule has 1 aromatic heterocycles. The van der Waals surface area contributed by atoms with E-state index in [4.69, 9.17) is 4.74 Å². The number of carbonyl (C=O) groups is 1. The number of aromatic nitrogens is 1. The molecule has 1 saturated heterocycles. The fourth-order valence-electron chi connectivity index (χ4n) is 3.99. The lowest BCUT2D eigenvalue weighted by molar-refractivity contribution is 0.102. The average Bonchev–Trinajstić information content (AvgIpc) is 2.85. The van der Waals surface area contributed by atoms with Gasteiger partial charge in [0.1, 0.15) is 12.0 Å². The van der Waals surface area contributed by atoms with E-state index in [1.165, 1.54) is 0 Å². The van der Waals surface area contributed by atoms with Gasteiger partial charge in [-0.05, 0) is 61.4 Å². The molecule has 4 rings (SSSR count). The molecular formula is C25H28N4O3. The maximum atomic E-state index is 12.9. The number of nitrogens with one attached hydrogen (secondary N) is 2. The van der Waals surface area contributed by atoms with Crippen LogP contribution in [0.5, 0.6) is 5.75 Å². The van der Waals surface area contributed by atoms with E-state index in [1.54, 1.807) is 49.8 Å². The van der Waals surface area contributed by atoms with Gasteiger partial charge in [0.05, 0.1) is 12.7 Å². The highest BCUT2D eigenvalue weighted by Gasteiger charge is 2.26. The lowest BCUT2D eigenvalue weighted by Gasteiger charge is -2.36. The minimum absolute atomic E-state index is 0.103. The molecule has 1 amide bonds. The molecule has 166 valence electrons. The van der Waals surface area contributed by atoms with E-state index in [9.17, 15) is 9.90 Å². The van der Waals surface area contributed by atoms with Crippen LogP contribution in [-0.4, -0.2) is 42.4 Å². The number of carbonyl (C=O) groups excluding carboxylic acids is 1. The van der Waals surface area contributed by atoms with Crippen molar-refractivity contribution in [3.05, 3.63) is 78.6 Å². The Kier molecular flexibility index (Phi) is 6.87. The van der Waals surface area contributed by atoms with Crippen molar-refractivity contribution in [1.29, 1.82) is 0 Å². The predicted octanol–water partition coefficient (Wildman–Crippen LogP) is 3.99. The number of rotatable bonds is 7. The van der Waals surface area contributed by atoms with Crippen LogP contribution in [0.15, 0.2) is 73.1 Å². The highest BCUT2D eigenvalue weighted by molar-refractivity contribution is 6.08. The Morgan fingerprint density at radius 2 is 1.75 bits per heavy atom. The Hall–Kier alpha value is -3.58. The van der Waals surface area contributed by atoms with Crippen LogP contribution < -0.4 is 20.3 Å². The maximum Gasteiger partial charge on any atom is 0.257 e. The summed E-state index contributed by atoms with van der Waals surface area (Å²) >= 11 is 0. The van der Waals surface area contributed by atoms with E-state index in [0.29, 0.717) is 16.9 Å². The molecule has 2 heterocycles. The second kappa shape index (κ2) is 10.2. The number of pyridine rings is 1. The van der Waals surface area contributed by atoms with Crippen molar-refractivity contribution in [2.45, 2.75) is 19.1 Å². The SMILES string of the molecule is COc1ccc(NC(=O)c2ccccc2NC(O)C2CCN(c3ccncc3)CC2)cc1. The third-order valence-electron chi connectivity index (χ3n) is 5.84. The Bertz CT molecular complexity index is 1020. The van der Waals surface area contributed by atoms with E-state index in [1.807, 2.05) is 30.3 Å². The molecule has 7 nitrogen and oxygen atoms in total. The normalized spacial score (nSPS) is 15.1. The van der Waals surface area contributed by atoms with Crippen molar-refractivity contribution in [2.24, 2.45) is 5.92 Å². The largest absolute Gasteiger partial charge is 0.497 e. The van der Waals surface area contributed by atoms with Gasteiger partial charge in [-0.15, -0.1) is 0 Å². The minimum Gasteiger partial charge on any atom is -0.497 e. The van der Waals surface area contributed by atoms with Gasteiger partial charge in [-0.3, -0.25) is 9.78 Å². The molecule has 1 aliphatic heterocycles. The van der Waals surface area contributed by atoms with Gasteiger partial charge in [0.15, 0.2) is 0 Å². The summed E-state index contributed by atoms with van der Waals surface area (Å²) in [6.07, 6.45) is 4.58. The molecule has 32 heavy (non-hydrogen) atoms. The van der Waals surface area contributed by atoms with Gasteiger partial charge in [0.2, 0.25) is 0 Å². The topological polar surface area (TPSA) is 86.7 Å². The Morgan fingerprint density at radius 3 is 2.44 bits per heavy atom. The summed E-state index contributed by atoms with van der Waals surface area (Å²) in [7, 11) is 1.60. The van der Waals surface area contributed by atoms with Crippen LogP contribution >= 0.6 is 0 Å². The summed E-state index contributed by atoms with van der Waals surface area (Å²) in [5, 5.41) is 16.9. The number of amides is 1. The van der Waals surface area contributed by atoms with Crippen molar-refractivity contribution >= 4 is 23.0 Å². The quantitative estimate of drug-likeness (QED) is 0.490. The molecule has 0 spiro atoms. The summed E-state index contributed by atoms with van der Waals surface area (Å²) in [6.45, 7) is 1.74. The molecular weight excluding hydrogens is 404 g/mol. The number of anilines is 3. The zero-order valence-corrected chi connectivity index (χ0v) is 18.1. The van der Waals surface area contributed by atoms with Gasteiger partial charge < -0.3 is 25.4 Å². The fourth-order valence-corrected chi connectivity index (χ4v) is 3.99. The van der Waals surface area contributed by atoms with Gasteiger partial charge in [-0.1, -0.05) is 12.1 Å². The Morgan fingerprint density at radius 1 is 1.06 bits per heavy atom. The zero-order chi connectivity index (χ0) is 22.3. The van der Waals surface area contributed by atoms with Crippen LogP contribution in [0.2, 0.25) is 0 Å². The van der Waals surface area contributed by atoms with Gasteiger partial charge >= 0.3 is 0 Å². The van der Waals surface area contributed by atoms with E-state index >= 15 is 0 Å². The monoisotopic (exact) mass is 432 g/mol. The lowest BCUT2D eigenvalue weighted by Crippen LogP contribution is -2.40. The predicted molar refractivity (Wildman–Crippen MR) is 126 cm³/mol. The highest BCUT2D eigenvalue weighted by Crippen LogP contribution is 2.27. The number of benzene rings is 2. The maximum absolute atomic E-state index is 12.9. The second-order valence-electron chi connectivity index (χ2n) is 7.85. The number of piperidine rings is 1. The second-order valence-corrected chi connectivity index (χ2v) is 7.85. The van der Waals surface area contributed by atoms with E-state index < -0.39 is 6.23 Å². The lowest BCUT2D eigenvalue weighted by atomic mass is 9.94. The summed E-state index contributed by atoms with van der Waals surface area (Å²) < 4.78 is 5.15. The number of hydrogen-bond acceptors (Lipinski definition) is 6. The summed E-state index contributed by atoms with van der Waals surface area (Å²) in [5.74, 6) is 0.590. The highest BCUT2D eigenvalue weighted by atomic mass is 16.5. The van der Waals surface area contributed by atoms with Crippen molar-refractivity contribution < 1.29 is 14.6 Å². The third-order valence-corrected chi connectivity index (χ3v) is 5.84. The van der Waals surface area contributed by atoms with Crippen LogP contribution in [0, 0.1) is 5.92 Å². The van der Waals surface area contributed by atoms with Crippen molar-refractivity contribution in [3.63, 3.8) is 0 Å². The van der Waals surface area contributed by atoms with Crippen LogP contribution in [0.1, 0.15) is 23.2 Å². The standard InChI is InChI=1S/C25H28N4O3/c1-32-21-8-6-19(7-9-21)27-25(31)22-4-2-3-5-23(22)28-24(30)18-12-16-29(17-13-18)20-10-14-26-15-11-20/h2-11,14-15,18,24,28,30H,12-13,16-17H2,1H3,(H,27,31). The minimum atomic E-state index is -0.732. The van der Waals surface area contributed by atoms with Gasteiger partial charge in [0.25, 0.3) is 5.91 Å². The number of aliphatic hydroxyl groups is 1. The molecule has 3 N–H and O–H groups in total. The molecule has 0 bridgehead atoms. The molecule has 0 saturated carbocycles. The number of aliphatic hydroxyl groups excluding tert-OH is 1. The first-order valence-electron chi connectivity index (χ1n) is 10.8. The Labute approximate surface area is 188 Å². The van der Waals surface area contributed by atoms with Gasteiger partial charge in [-0.2, -0.15) is 0 Å². The molecule has 0 aliphatic carbocycles. The average molecular weight is 433 g/mol. The number of methoxy groups -OCH3 is 1. The number of para-hydroxylation sites is 1. The van der Waals surface area contributed by atoms with Crippen LogP contribution in [-0.2, 0) is 0 Å². The van der Waals surface area contributed by atoms with Crippen molar-refractivity contribution in [2.75, 3.05) is 35.7 Å². The van der Waals surface area contributed by atoms with Crippen LogP contribution in [0.4, 0.5) is 17.1 Å². The first-order valence-corrected chi connectivity index (χ1v) is 10.8. The molecule has 1 unspecified atom stereocenters. The van der Waals surface area contributed by atoms with Crippen molar-refractivity contribution in [3.8, 4) is 5.75 Å². The zero-order valence-electron chi connectivity index (χ0n) is 18.1. The van der Waals surface area contributed by atoms with Gasteiger partial charge in [-0.25, -0.2) is 0 Å². The molecule has 3 aromatic rings. The first kappa shape index (κ1) is 21.6. The molecule has 2 aromatic carbocycles. The van der Waals surface area contributed by atoms with E-state index in [-0.39, 0.29) is 11.8 Å². The third kappa shape index (κ3) is 5.18. The van der Waals surface area contributed by atoms with Crippen molar-refractivity contribution in [1.82, 2.24) is 4.98 Å². The number of ether oxygens (including phenoxy) is 1. The Balaban J connectivity index is 1.37. The van der Waals surface area contributed by atoms with Crippen LogP contribution in [0.3, 0.4) is 0 Å². The fraction of sp³-hybridized carbons (Fsp3) is 0.280. The molecule has 1 aliphatic rings. The number of nitrogens with zero attached hydrogens (tertiary/aromatic N) is 2. The van der Waals surface area contributed by atoms with Crippen LogP contribution in [0.25, 0.3) is 0 Å². The molecule has 7 heteroatoms. The first-order chi connectivity index (χ1) is 15.6. The van der Waals surface area contributed by atoms with Gasteiger partial charge in [0, 0.05) is 48.5 Å². The summed E-state index contributed by atoms with van der Waals surface area (Å²) in [6, 6.07) is 18.4.